The monoisotopic (exact) mass is 436 g/mol. The SMILES string of the molecule is CC1(OC2CCC3NNC(c4cc(N5CCN(c6ccncn6)CC5)ncn4)C3C2)CC1. The molecule has 0 radical (unpaired) electrons. The summed E-state index contributed by atoms with van der Waals surface area (Å²) in [6.07, 6.45) is 11.3. The van der Waals surface area contributed by atoms with Gasteiger partial charge in [0.25, 0.3) is 0 Å². The summed E-state index contributed by atoms with van der Waals surface area (Å²) in [6, 6.07) is 4.83. The van der Waals surface area contributed by atoms with Crippen LogP contribution in [0.4, 0.5) is 11.6 Å². The Bertz CT molecular complexity index is 931. The van der Waals surface area contributed by atoms with Crippen LogP contribution >= 0.6 is 0 Å². The highest BCUT2D eigenvalue weighted by Gasteiger charge is 2.46. The van der Waals surface area contributed by atoms with E-state index in [-0.39, 0.29) is 11.6 Å². The summed E-state index contributed by atoms with van der Waals surface area (Å²) >= 11 is 0. The van der Waals surface area contributed by atoms with Gasteiger partial charge < -0.3 is 14.5 Å². The highest BCUT2D eigenvalue weighted by atomic mass is 16.5. The molecule has 2 aromatic rings. The van der Waals surface area contributed by atoms with Crippen LogP contribution in [-0.2, 0) is 4.74 Å². The Balaban J connectivity index is 1.12. The predicted molar refractivity (Wildman–Crippen MR) is 121 cm³/mol. The molecule has 32 heavy (non-hydrogen) atoms. The van der Waals surface area contributed by atoms with Gasteiger partial charge in [0, 0.05) is 50.4 Å². The van der Waals surface area contributed by atoms with E-state index in [9.17, 15) is 0 Å². The molecular formula is C23H32N8O. The van der Waals surface area contributed by atoms with Crippen LogP contribution < -0.4 is 20.7 Å². The fraction of sp³-hybridized carbons (Fsp3) is 0.652. The maximum Gasteiger partial charge on any atom is 0.132 e. The Labute approximate surface area is 189 Å². The molecule has 4 aliphatic rings. The summed E-state index contributed by atoms with van der Waals surface area (Å²) in [5, 5.41) is 0. The van der Waals surface area contributed by atoms with E-state index >= 15 is 0 Å². The number of nitrogens with one attached hydrogen (secondary N) is 2. The number of piperazine rings is 1. The standard InChI is InChI=1S/C23H32N8O/c1-23(5-6-23)32-16-2-3-18-17(12-16)22(29-28-18)19-13-21(27-15-25-19)31-10-8-30(9-11-31)20-4-7-24-14-26-20/h4,7,13-18,22,28-29H,2-3,5-6,8-12H2,1H3. The molecule has 0 aromatic carbocycles. The van der Waals surface area contributed by atoms with E-state index in [0.717, 1.165) is 62.8 Å². The van der Waals surface area contributed by atoms with Gasteiger partial charge in [-0.3, -0.25) is 5.43 Å². The van der Waals surface area contributed by atoms with E-state index in [0.29, 0.717) is 18.1 Å². The van der Waals surface area contributed by atoms with Gasteiger partial charge in [-0.2, -0.15) is 0 Å². The molecule has 2 saturated carbocycles. The van der Waals surface area contributed by atoms with Crippen molar-refractivity contribution in [1.29, 1.82) is 0 Å². The van der Waals surface area contributed by atoms with Crippen LogP contribution in [0.3, 0.4) is 0 Å². The molecule has 2 aromatic heterocycles. The maximum atomic E-state index is 6.44. The highest BCUT2D eigenvalue weighted by molar-refractivity contribution is 5.45. The van der Waals surface area contributed by atoms with Crippen molar-refractivity contribution in [2.75, 3.05) is 36.0 Å². The first-order valence-electron chi connectivity index (χ1n) is 11.9. The first-order chi connectivity index (χ1) is 15.7. The zero-order chi connectivity index (χ0) is 21.5. The second-order valence-electron chi connectivity index (χ2n) is 9.88. The number of hydrogen-bond acceptors (Lipinski definition) is 9. The number of anilines is 2. The fourth-order valence-corrected chi connectivity index (χ4v) is 5.45. The van der Waals surface area contributed by atoms with Crippen molar-refractivity contribution in [2.24, 2.45) is 5.92 Å². The largest absolute Gasteiger partial charge is 0.372 e. The molecule has 4 atom stereocenters. The Morgan fingerprint density at radius 2 is 1.75 bits per heavy atom. The van der Waals surface area contributed by atoms with Crippen molar-refractivity contribution < 1.29 is 4.74 Å². The second-order valence-corrected chi connectivity index (χ2v) is 9.88. The van der Waals surface area contributed by atoms with Gasteiger partial charge in [0.05, 0.1) is 23.4 Å². The van der Waals surface area contributed by atoms with Gasteiger partial charge in [0.15, 0.2) is 0 Å². The van der Waals surface area contributed by atoms with Crippen molar-refractivity contribution in [1.82, 2.24) is 30.8 Å². The normalized spacial score (nSPS) is 31.4. The van der Waals surface area contributed by atoms with E-state index in [1.165, 1.54) is 12.8 Å². The van der Waals surface area contributed by atoms with Gasteiger partial charge in [-0.15, -0.1) is 0 Å². The summed E-state index contributed by atoms with van der Waals surface area (Å²) < 4.78 is 6.44. The van der Waals surface area contributed by atoms with Crippen molar-refractivity contribution in [3.05, 3.63) is 36.7 Å². The lowest BCUT2D eigenvalue weighted by atomic mass is 9.79. The third-order valence-electron chi connectivity index (χ3n) is 7.60. The van der Waals surface area contributed by atoms with E-state index in [2.05, 4.69) is 53.6 Å². The number of ether oxygens (including phenoxy) is 1. The van der Waals surface area contributed by atoms with Crippen LogP contribution in [0, 0.1) is 5.92 Å². The first kappa shape index (κ1) is 20.3. The van der Waals surface area contributed by atoms with Crippen molar-refractivity contribution >= 4 is 11.6 Å². The third kappa shape index (κ3) is 4.04. The zero-order valence-electron chi connectivity index (χ0n) is 18.7. The molecular weight excluding hydrogens is 404 g/mol. The van der Waals surface area contributed by atoms with Gasteiger partial charge in [0.2, 0.25) is 0 Å². The Kier molecular flexibility index (Phi) is 5.20. The summed E-state index contributed by atoms with van der Waals surface area (Å²) in [4.78, 5) is 22.3. The van der Waals surface area contributed by atoms with E-state index in [1.807, 2.05) is 6.07 Å². The maximum absolute atomic E-state index is 6.44. The number of fused-ring (bicyclic) bond motifs is 1. The van der Waals surface area contributed by atoms with Gasteiger partial charge in [-0.1, -0.05) is 0 Å². The lowest BCUT2D eigenvalue weighted by Gasteiger charge is -2.36. The average molecular weight is 437 g/mol. The average Bonchev–Trinajstić information content (AvgIpc) is 3.42. The van der Waals surface area contributed by atoms with Crippen molar-refractivity contribution in [3.63, 3.8) is 0 Å². The molecule has 0 bridgehead atoms. The van der Waals surface area contributed by atoms with Crippen LogP contribution in [0.5, 0.6) is 0 Å². The molecule has 170 valence electrons. The fourth-order valence-electron chi connectivity index (χ4n) is 5.45. The minimum atomic E-state index is 0.141. The Morgan fingerprint density at radius 1 is 0.969 bits per heavy atom. The Morgan fingerprint density at radius 3 is 2.50 bits per heavy atom. The number of nitrogens with zero attached hydrogens (tertiary/aromatic N) is 6. The lowest BCUT2D eigenvalue weighted by Crippen LogP contribution is -2.47. The molecule has 2 saturated heterocycles. The molecule has 0 amide bonds. The smallest absolute Gasteiger partial charge is 0.132 e. The number of aromatic nitrogens is 4. The second kappa shape index (κ2) is 8.20. The van der Waals surface area contributed by atoms with Crippen LogP contribution in [-0.4, -0.2) is 63.9 Å². The predicted octanol–water partition coefficient (Wildman–Crippen LogP) is 1.85. The first-order valence-corrected chi connectivity index (χ1v) is 11.9. The molecule has 0 spiro atoms. The molecule has 2 aliphatic heterocycles. The van der Waals surface area contributed by atoms with Gasteiger partial charge in [-0.05, 0) is 45.1 Å². The lowest BCUT2D eigenvalue weighted by molar-refractivity contribution is -0.0500. The van der Waals surface area contributed by atoms with Crippen LogP contribution in [0.25, 0.3) is 0 Å². The van der Waals surface area contributed by atoms with Gasteiger partial charge in [-0.25, -0.2) is 25.4 Å². The minimum Gasteiger partial charge on any atom is -0.372 e. The minimum absolute atomic E-state index is 0.141. The van der Waals surface area contributed by atoms with E-state index in [4.69, 9.17) is 4.74 Å². The zero-order valence-corrected chi connectivity index (χ0v) is 18.7. The van der Waals surface area contributed by atoms with Gasteiger partial charge >= 0.3 is 0 Å². The molecule has 2 N–H and O–H groups in total. The van der Waals surface area contributed by atoms with Crippen molar-refractivity contribution in [3.8, 4) is 0 Å². The summed E-state index contributed by atoms with van der Waals surface area (Å²) in [6.45, 7) is 5.92. The molecule has 9 nitrogen and oxygen atoms in total. The topological polar surface area (TPSA) is 91.3 Å². The van der Waals surface area contributed by atoms with Crippen LogP contribution in [0.1, 0.15) is 50.8 Å². The molecule has 4 heterocycles. The molecule has 4 fully saturated rings. The summed E-state index contributed by atoms with van der Waals surface area (Å²) in [5.74, 6) is 2.49. The summed E-state index contributed by atoms with van der Waals surface area (Å²) in [7, 11) is 0. The molecule has 6 rings (SSSR count). The number of hydrogen-bond donors (Lipinski definition) is 2. The van der Waals surface area contributed by atoms with Gasteiger partial charge in [0.1, 0.15) is 24.3 Å². The Hall–Kier alpha value is -2.36. The summed E-state index contributed by atoms with van der Waals surface area (Å²) in [5.41, 5.74) is 8.28. The molecule has 4 unspecified atom stereocenters. The van der Waals surface area contributed by atoms with Crippen molar-refractivity contribution in [2.45, 2.75) is 62.8 Å². The van der Waals surface area contributed by atoms with Crippen LogP contribution in [0.2, 0.25) is 0 Å². The third-order valence-corrected chi connectivity index (χ3v) is 7.60. The van der Waals surface area contributed by atoms with E-state index < -0.39 is 0 Å². The number of rotatable bonds is 5. The van der Waals surface area contributed by atoms with E-state index in [1.54, 1.807) is 18.9 Å². The number of hydrazine groups is 1. The van der Waals surface area contributed by atoms with Crippen LogP contribution in [0.15, 0.2) is 31.0 Å². The molecule has 2 aliphatic carbocycles. The quantitative estimate of drug-likeness (QED) is 0.728. The molecule has 9 heteroatoms. The highest BCUT2D eigenvalue weighted by Crippen LogP contribution is 2.45.